The fourth-order valence-corrected chi connectivity index (χ4v) is 3.21. The molecule has 0 fully saturated rings. The Kier molecular flexibility index (Phi) is 6.24. The van der Waals surface area contributed by atoms with Crippen molar-refractivity contribution >= 4 is 61.8 Å². The SMILES string of the molecule is CCNC(=O)C(=O)Nn1c(C(=O)Nc2ccc(Br)c(C)c2)cc2cc(Cl)ccc21. The molecule has 150 valence electrons. The molecule has 0 unspecified atom stereocenters. The summed E-state index contributed by atoms with van der Waals surface area (Å²) < 4.78 is 2.21. The van der Waals surface area contributed by atoms with Crippen LogP contribution in [0.5, 0.6) is 0 Å². The van der Waals surface area contributed by atoms with Crippen LogP contribution < -0.4 is 16.1 Å². The van der Waals surface area contributed by atoms with Gasteiger partial charge in [0.1, 0.15) is 5.69 Å². The first-order chi connectivity index (χ1) is 13.8. The fraction of sp³-hybridized carbons (Fsp3) is 0.150. The summed E-state index contributed by atoms with van der Waals surface area (Å²) in [5, 5.41) is 6.36. The third kappa shape index (κ3) is 4.60. The highest BCUT2D eigenvalue weighted by atomic mass is 79.9. The van der Waals surface area contributed by atoms with Gasteiger partial charge in [0.25, 0.3) is 5.91 Å². The largest absolute Gasteiger partial charge is 0.348 e. The first-order valence-electron chi connectivity index (χ1n) is 8.78. The number of hydrogen-bond donors (Lipinski definition) is 3. The molecule has 0 atom stereocenters. The Morgan fingerprint density at radius 3 is 2.52 bits per heavy atom. The molecule has 3 amide bonds. The number of fused-ring (bicyclic) bond motifs is 1. The van der Waals surface area contributed by atoms with Crippen LogP contribution in [-0.4, -0.2) is 28.9 Å². The highest BCUT2D eigenvalue weighted by Gasteiger charge is 2.20. The van der Waals surface area contributed by atoms with Crippen molar-refractivity contribution in [1.29, 1.82) is 0 Å². The zero-order chi connectivity index (χ0) is 21.1. The summed E-state index contributed by atoms with van der Waals surface area (Å²) >= 11 is 9.47. The lowest BCUT2D eigenvalue weighted by Gasteiger charge is -2.13. The number of carbonyl (C=O) groups is 3. The molecule has 3 N–H and O–H groups in total. The van der Waals surface area contributed by atoms with Crippen molar-refractivity contribution in [2.75, 3.05) is 17.3 Å². The molecule has 9 heteroatoms. The molecule has 1 aromatic heterocycles. The Hall–Kier alpha value is -2.84. The van der Waals surface area contributed by atoms with Gasteiger partial charge in [0.15, 0.2) is 0 Å². The highest BCUT2D eigenvalue weighted by molar-refractivity contribution is 9.10. The molecule has 0 bridgehead atoms. The minimum atomic E-state index is -0.882. The van der Waals surface area contributed by atoms with Gasteiger partial charge in [0, 0.05) is 27.1 Å². The van der Waals surface area contributed by atoms with Crippen LogP contribution in [0.1, 0.15) is 23.0 Å². The molecule has 0 saturated carbocycles. The second-order valence-electron chi connectivity index (χ2n) is 6.29. The number of carbonyl (C=O) groups excluding carboxylic acids is 3. The fourth-order valence-electron chi connectivity index (χ4n) is 2.78. The lowest BCUT2D eigenvalue weighted by atomic mass is 10.2. The second kappa shape index (κ2) is 8.67. The van der Waals surface area contributed by atoms with E-state index in [4.69, 9.17) is 11.6 Å². The molecular formula is C20H18BrClN4O3. The third-order valence-electron chi connectivity index (χ3n) is 4.17. The molecule has 0 aliphatic rings. The van der Waals surface area contributed by atoms with Gasteiger partial charge in [-0.2, -0.15) is 0 Å². The third-order valence-corrected chi connectivity index (χ3v) is 5.29. The number of nitrogens with zero attached hydrogens (tertiary/aromatic N) is 1. The number of aryl methyl sites for hydroxylation is 1. The molecule has 3 rings (SSSR count). The average molecular weight is 478 g/mol. The van der Waals surface area contributed by atoms with E-state index in [9.17, 15) is 14.4 Å². The van der Waals surface area contributed by atoms with Crippen molar-refractivity contribution < 1.29 is 14.4 Å². The smallest absolute Gasteiger partial charge is 0.328 e. The van der Waals surface area contributed by atoms with E-state index in [2.05, 4.69) is 32.0 Å². The summed E-state index contributed by atoms with van der Waals surface area (Å²) in [6.45, 7) is 3.92. The maximum Gasteiger partial charge on any atom is 0.328 e. The van der Waals surface area contributed by atoms with Gasteiger partial charge >= 0.3 is 11.8 Å². The van der Waals surface area contributed by atoms with E-state index >= 15 is 0 Å². The van der Waals surface area contributed by atoms with Gasteiger partial charge in [-0.3, -0.25) is 19.8 Å². The molecule has 29 heavy (non-hydrogen) atoms. The van der Waals surface area contributed by atoms with E-state index < -0.39 is 17.7 Å². The van der Waals surface area contributed by atoms with Crippen molar-refractivity contribution in [3.63, 3.8) is 0 Å². The lowest BCUT2D eigenvalue weighted by molar-refractivity contribution is -0.136. The normalized spacial score (nSPS) is 10.6. The Bertz CT molecular complexity index is 1130. The van der Waals surface area contributed by atoms with Gasteiger partial charge in [-0.05, 0) is 61.9 Å². The second-order valence-corrected chi connectivity index (χ2v) is 7.58. The monoisotopic (exact) mass is 476 g/mol. The Morgan fingerprint density at radius 1 is 1.07 bits per heavy atom. The minimum Gasteiger partial charge on any atom is -0.348 e. The number of anilines is 1. The summed E-state index contributed by atoms with van der Waals surface area (Å²) in [4.78, 5) is 37.0. The number of rotatable bonds is 4. The van der Waals surface area contributed by atoms with Gasteiger partial charge in [-0.15, -0.1) is 0 Å². The van der Waals surface area contributed by atoms with Crippen LogP contribution in [0.4, 0.5) is 5.69 Å². The minimum absolute atomic E-state index is 0.153. The van der Waals surface area contributed by atoms with Crippen LogP contribution in [0.3, 0.4) is 0 Å². The van der Waals surface area contributed by atoms with E-state index in [-0.39, 0.29) is 5.69 Å². The van der Waals surface area contributed by atoms with Crippen molar-refractivity contribution in [3.05, 3.63) is 63.2 Å². The van der Waals surface area contributed by atoms with E-state index in [1.165, 1.54) is 4.68 Å². The molecule has 7 nitrogen and oxygen atoms in total. The zero-order valence-corrected chi connectivity index (χ0v) is 18.0. The number of amides is 3. The number of aromatic nitrogens is 1. The van der Waals surface area contributed by atoms with Gasteiger partial charge in [0.2, 0.25) is 0 Å². The number of likely N-dealkylation sites (N-methyl/N-ethyl adjacent to an activating group) is 1. The molecule has 0 aliphatic heterocycles. The van der Waals surface area contributed by atoms with Gasteiger partial charge in [-0.25, -0.2) is 4.68 Å². The van der Waals surface area contributed by atoms with Crippen LogP contribution in [0.15, 0.2) is 46.9 Å². The quantitative estimate of drug-likeness (QED) is 0.499. The zero-order valence-electron chi connectivity index (χ0n) is 15.7. The van der Waals surface area contributed by atoms with Crippen molar-refractivity contribution in [3.8, 4) is 0 Å². The topological polar surface area (TPSA) is 92.2 Å². The molecule has 1 heterocycles. The molecule has 0 radical (unpaired) electrons. The number of nitrogens with one attached hydrogen (secondary N) is 3. The Morgan fingerprint density at radius 2 is 1.83 bits per heavy atom. The lowest BCUT2D eigenvalue weighted by Crippen LogP contribution is -2.39. The molecule has 2 aromatic carbocycles. The summed E-state index contributed by atoms with van der Waals surface area (Å²) in [5.74, 6) is -2.12. The molecule has 0 spiro atoms. The predicted octanol–water partition coefficient (Wildman–Crippen LogP) is 3.82. The predicted molar refractivity (Wildman–Crippen MR) is 117 cm³/mol. The summed E-state index contributed by atoms with van der Waals surface area (Å²) in [6, 6.07) is 12.0. The average Bonchev–Trinajstić information content (AvgIpc) is 3.02. The van der Waals surface area contributed by atoms with Crippen molar-refractivity contribution in [2.24, 2.45) is 0 Å². The first kappa shape index (κ1) is 20.9. The summed E-state index contributed by atoms with van der Waals surface area (Å²) in [5.41, 5.74) is 4.72. The van der Waals surface area contributed by atoms with Gasteiger partial charge in [0.05, 0.1) is 5.52 Å². The van der Waals surface area contributed by atoms with E-state index in [1.807, 2.05) is 19.1 Å². The maximum atomic E-state index is 12.9. The van der Waals surface area contributed by atoms with Crippen LogP contribution in [0, 0.1) is 6.92 Å². The Balaban J connectivity index is 1.98. The summed E-state index contributed by atoms with van der Waals surface area (Å²) in [7, 11) is 0. The number of benzene rings is 2. The molecule has 3 aromatic rings. The Labute approximate surface area is 180 Å². The molecule has 0 saturated heterocycles. The van der Waals surface area contributed by atoms with Crippen LogP contribution in [0.2, 0.25) is 5.02 Å². The maximum absolute atomic E-state index is 12.9. The number of hydrogen-bond acceptors (Lipinski definition) is 3. The van der Waals surface area contributed by atoms with Gasteiger partial charge < -0.3 is 10.6 Å². The molecular weight excluding hydrogens is 460 g/mol. The summed E-state index contributed by atoms with van der Waals surface area (Å²) in [6.07, 6.45) is 0. The molecule has 0 aliphatic carbocycles. The van der Waals surface area contributed by atoms with Crippen molar-refractivity contribution in [2.45, 2.75) is 13.8 Å². The highest BCUT2D eigenvalue weighted by Crippen LogP contribution is 2.24. The van der Waals surface area contributed by atoms with E-state index in [0.717, 1.165) is 10.0 Å². The van der Waals surface area contributed by atoms with Crippen molar-refractivity contribution in [1.82, 2.24) is 9.99 Å². The van der Waals surface area contributed by atoms with E-state index in [1.54, 1.807) is 37.3 Å². The van der Waals surface area contributed by atoms with Crippen LogP contribution in [-0.2, 0) is 9.59 Å². The number of halogens is 2. The van der Waals surface area contributed by atoms with Crippen LogP contribution >= 0.6 is 27.5 Å². The first-order valence-corrected chi connectivity index (χ1v) is 9.95. The van der Waals surface area contributed by atoms with E-state index in [0.29, 0.717) is 28.2 Å². The van der Waals surface area contributed by atoms with Crippen LogP contribution in [0.25, 0.3) is 10.9 Å². The standard InChI is InChI=1S/C20H18BrClN4O3/c1-3-23-19(28)20(29)25-26-16-7-4-13(22)9-12(16)10-17(26)18(27)24-14-5-6-15(21)11(2)8-14/h4-10H,3H2,1-2H3,(H,23,28)(H,24,27)(H,25,29). The van der Waals surface area contributed by atoms with Gasteiger partial charge in [-0.1, -0.05) is 27.5 Å².